The van der Waals surface area contributed by atoms with E-state index in [9.17, 15) is 13.2 Å². The van der Waals surface area contributed by atoms with Gasteiger partial charge < -0.3 is 10.5 Å². The molecule has 0 saturated carbocycles. The molecule has 9 heteroatoms. The fraction of sp³-hybridized carbons (Fsp3) is 0.471. The molecule has 3 heterocycles. The van der Waals surface area contributed by atoms with Crippen LogP contribution in [0, 0.1) is 0 Å². The number of benzene rings is 1. The van der Waals surface area contributed by atoms with Crippen LogP contribution in [-0.2, 0) is 14.9 Å². The van der Waals surface area contributed by atoms with E-state index in [4.69, 9.17) is 10.5 Å². The zero-order valence-corrected chi connectivity index (χ0v) is 15.9. The van der Waals surface area contributed by atoms with E-state index in [1.165, 1.54) is 19.9 Å². The second-order valence-corrected chi connectivity index (χ2v) is 9.52. The Labute approximate surface area is 156 Å². The minimum absolute atomic E-state index is 0.194. The van der Waals surface area contributed by atoms with Crippen LogP contribution in [0.15, 0.2) is 24.3 Å². The van der Waals surface area contributed by atoms with Crippen LogP contribution < -0.4 is 5.73 Å². The zero-order chi connectivity index (χ0) is 18.3. The third-order valence-electron chi connectivity index (χ3n) is 4.93. The van der Waals surface area contributed by atoms with Crippen molar-refractivity contribution in [3.8, 4) is 0 Å². The van der Waals surface area contributed by atoms with Crippen molar-refractivity contribution in [1.29, 1.82) is 0 Å². The average molecular weight is 396 g/mol. The lowest BCUT2D eigenvalue weighted by Gasteiger charge is -2.34. The second kappa shape index (κ2) is 6.90. The molecule has 2 aromatic rings. The summed E-state index contributed by atoms with van der Waals surface area (Å²) in [5.41, 5.74) is 6.29. The Kier molecular flexibility index (Phi) is 4.74. The third kappa shape index (κ3) is 3.03. The molecule has 2 N–H and O–H groups in total. The molecule has 0 spiro atoms. The van der Waals surface area contributed by atoms with Gasteiger partial charge in [0, 0.05) is 36.4 Å². The van der Waals surface area contributed by atoms with Crippen molar-refractivity contribution in [3.63, 3.8) is 0 Å². The van der Waals surface area contributed by atoms with Gasteiger partial charge in [-0.05, 0) is 24.3 Å². The van der Waals surface area contributed by atoms with Crippen molar-refractivity contribution in [2.24, 2.45) is 5.73 Å². The maximum absolute atomic E-state index is 12.9. The standard InChI is InChI=1S/C17H21N3O4S2/c18-17(21)16-15(12-5-1-2-6-14(12)25-16)13-11-20(9-10-24-13)26(22,23)19-7-3-4-8-19/h1-2,5-6,13H,3-4,7-11H2,(H2,18,21). The molecule has 1 atom stereocenters. The number of fused-ring (bicyclic) bond motifs is 1. The maximum atomic E-state index is 12.9. The highest BCUT2D eigenvalue weighted by Gasteiger charge is 2.37. The lowest BCUT2D eigenvalue weighted by molar-refractivity contribution is -0.00343. The predicted molar refractivity (Wildman–Crippen MR) is 100 cm³/mol. The number of primary amides is 1. The van der Waals surface area contributed by atoms with E-state index < -0.39 is 22.2 Å². The molecule has 26 heavy (non-hydrogen) atoms. The zero-order valence-electron chi connectivity index (χ0n) is 14.3. The van der Waals surface area contributed by atoms with Crippen LogP contribution in [0.4, 0.5) is 0 Å². The molecule has 1 unspecified atom stereocenters. The Morgan fingerprint density at radius 3 is 2.62 bits per heavy atom. The van der Waals surface area contributed by atoms with E-state index in [1.807, 2.05) is 24.3 Å². The van der Waals surface area contributed by atoms with Gasteiger partial charge in [0.25, 0.3) is 16.1 Å². The number of hydrogen-bond donors (Lipinski definition) is 1. The van der Waals surface area contributed by atoms with Crippen molar-refractivity contribution < 1.29 is 17.9 Å². The molecule has 7 nitrogen and oxygen atoms in total. The summed E-state index contributed by atoms with van der Waals surface area (Å²) < 4.78 is 35.6. The Morgan fingerprint density at radius 2 is 1.88 bits per heavy atom. The summed E-state index contributed by atoms with van der Waals surface area (Å²) in [5.74, 6) is -0.510. The molecule has 1 amide bonds. The second-order valence-electron chi connectivity index (χ2n) is 6.54. The number of nitrogens with zero attached hydrogens (tertiary/aromatic N) is 2. The number of amides is 1. The SMILES string of the molecule is NC(=O)c1sc2ccccc2c1C1CN(S(=O)(=O)N2CCCC2)CCO1. The Morgan fingerprint density at radius 1 is 1.15 bits per heavy atom. The molecule has 2 saturated heterocycles. The average Bonchev–Trinajstić information content (AvgIpc) is 3.30. The molecule has 2 aliphatic heterocycles. The lowest BCUT2D eigenvalue weighted by Crippen LogP contribution is -2.48. The Bertz CT molecular complexity index is 935. The van der Waals surface area contributed by atoms with Crippen LogP contribution in [0.5, 0.6) is 0 Å². The van der Waals surface area contributed by atoms with Crippen LogP contribution in [-0.4, -0.2) is 55.7 Å². The van der Waals surface area contributed by atoms with Crippen molar-refractivity contribution >= 4 is 37.5 Å². The smallest absolute Gasteiger partial charge is 0.282 e. The number of carbonyl (C=O) groups excluding carboxylic acids is 1. The van der Waals surface area contributed by atoms with Crippen LogP contribution in [0.1, 0.15) is 34.2 Å². The monoisotopic (exact) mass is 395 g/mol. The summed E-state index contributed by atoms with van der Waals surface area (Å²) in [7, 11) is -3.50. The first kappa shape index (κ1) is 17.9. The van der Waals surface area contributed by atoms with Gasteiger partial charge in [0.05, 0.1) is 17.6 Å². The van der Waals surface area contributed by atoms with Crippen LogP contribution in [0.25, 0.3) is 10.1 Å². The number of rotatable bonds is 4. The molecular weight excluding hydrogens is 374 g/mol. The predicted octanol–water partition coefficient (Wildman–Crippen LogP) is 1.71. The maximum Gasteiger partial charge on any atom is 0.282 e. The van der Waals surface area contributed by atoms with Gasteiger partial charge in [0.1, 0.15) is 0 Å². The van der Waals surface area contributed by atoms with Crippen molar-refractivity contribution in [1.82, 2.24) is 8.61 Å². The van der Waals surface area contributed by atoms with E-state index >= 15 is 0 Å². The third-order valence-corrected chi connectivity index (χ3v) is 8.13. The van der Waals surface area contributed by atoms with Crippen molar-refractivity contribution in [3.05, 3.63) is 34.7 Å². The molecule has 2 aliphatic rings. The molecule has 140 valence electrons. The molecule has 1 aromatic carbocycles. The topological polar surface area (TPSA) is 92.9 Å². The number of carbonyl (C=O) groups is 1. The summed E-state index contributed by atoms with van der Waals surface area (Å²) in [6, 6.07) is 7.65. The number of morpholine rings is 1. The normalized spacial score (nSPS) is 22.8. The van der Waals surface area contributed by atoms with E-state index in [0.717, 1.165) is 22.9 Å². The number of nitrogens with two attached hydrogens (primary N) is 1. The lowest BCUT2D eigenvalue weighted by atomic mass is 10.0. The summed E-state index contributed by atoms with van der Waals surface area (Å²) in [4.78, 5) is 12.4. The highest BCUT2D eigenvalue weighted by molar-refractivity contribution is 7.86. The minimum atomic E-state index is -3.50. The van der Waals surface area contributed by atoms with Gasteiger partial charge in [0.2, 0.25) is 0 Å². The molecular formula is C17H21N3O4S2. The summed E-state index contributed by atoms with van der Waals surface area (Å²) in [6.07, 6.45) is 1.29. The van der Waals surface area contributed by atoms with Gasteiger partial charge in [-0.3, -0.25) is 4.79 Å². The molecule has 4 rings (SSSR count). The van der Waals surface area contributed by atoms with Gasteiger partial charge in [-0.25, -0.2) is 0 Å². The first-order chi connectivity index (χ1) is 12.5. The van der Waals surface area contributed by atoms with E-state index in [0.29, 0.717) is 36.7 Å². The molecule has 0 radical (unpaired) electrons. The fourth-order valence-corrected chi connectivity index (χ4v) is 6.44. The summed E-state index contributed by atoms with van der Waals surface area (Å²) in [6.45, 7) is 1.94. The Balaban J connectivity index is 1.69. The fourth-order valence-electron chi connectivity index (χ4n) is 3.66. The van der Waals surface area contributed by atoms with E-state index in [1.54, 1.807) is 0 Å². The highest BCUT2D eigenvalue weighted by atomic mass is 32.2. The van der Waals surface area contributed by atoms with Gasteiger partial charge in [-0.15, -0.1) is 11.3 Å². The van der Waals surface area contributed by atoms with Gasteiger partial charge in [0.15, 0.2) is 0 Å². The first-order valence-corrected chi connectivity index (χ1v) is 10.9. The summed E-state index contributed by atoms with van der Waals surface area (Å²) in [5, 5.41) is 0.900. The molecule has 0 bridgehead atoms. The van der Waals surface area contributed by atoms with Gasteiger partial charge in [-0.1, -0.05) is 18.2 Å². The minimum Gasteiger partial charge on any atom is -0.371 e. The van der Waals surface area contributed by atoms with Crippen LogP contribution in [0.3, 0.4) is 0 Å². The first-order valence-electron chi connectivity index (χ1n) is 8.66. The summed E-state index contributed by atoms with van der Waals surface area (Å²) >= 11 is 1.33. The van der Waals surface area contributed by atoms with E-state index in [2.05, 4.69) is 0 Å². The quantitative estimate of drug-likeness (QED) is 0.853. The van der Waals surface area contributed by atoms with Crippen molar-refractivity contribution in [2.75, 3.05) is 32.8 Å². The molecule has 0 aliphatic carbocycles. The number of hydrogen-bond acceptors (Lipinski definition) is 5. The molecule has 2 fully saturated rings. The number of ether oxygens (including phenoxy) is 1. The van der Waals surface area contributed by atoms with E-state index in [-0.39, 0.29) is 6.54 Å². The largest absolute Gasteiger partial charge is 0.371 e. The Hall–Kier alpha value is -1.52. The highest BCUT2D eigenvalue weighted by Crippen LogP contribution is 2.38. The van der Waals surface area contributed by atoms with Gasteiger partial charge >= 0.3 is 0 Å². The molecule has 1 aromatic heterocycles. The van der Waals surface area contributed by atoms with Crippen molar-refractivity contribution in [2.45, 2.75) is 18.9 Å². The van der Waals surface area contributed by atoms with Crippen LogP contribution >= 0.6 is 11.3 Å². The van der Waals surface area contributed by atoms with Crippen LogP contribution in [0.2, 0.25) is 0 Å². The van der Waals surface area contributed by atoms with Gasteiger partial charge in [-0.2, -0.15) is 17.0 Å². The number of thiophene rings is 1.